The van der Waals surface area contributed by atoms with E-state index in [9.17, 15) is 4.79 Å². The highest BCUT2D eigenvalue weighted by Crippen LogP contribution is 2.19. The quantitative estimate of drug-likeness (QED) is 0.810. The van der Waals surface area contributed by atoms with Crippen LogP contribution in [0.5, 0.6) is 0 Å². The molecule has 1 saturated heterocycles. The maximum absolute atomic E-state index is 10.5. The monoisotopic (exact) mass is 354 g/mol. The Morgan fingerprint density at radius 3 is 2.78 bits per heavy atom. The number of amides is 1. The molecule has 1 aromatic carbocycles. The molecule has 0 bridgehead atoms. The smallest absolute Gasteiger partial charge is 0.404 e. The van der Waals surface area contributed by atoms with Crippen LogP contribution in [0, 0.1) is 17.8 Å². The average molecular weight is 355 g/mol. The van der Waals surface area contributed by atoms with Crippen molar-refractivity contribution in [2.45, 2.75) is 19.3 Å². The highest BCUT2D eigenvalue weighted by atomic mass is 35.5. The molecule has 0 atom stereocenters. The van der Waals surface area contributed by atoms with E-state index in [1.807, 2.05) is 0 Å². The minimum absolute atomic E-state index is 0.443. The fraction of sp³-hybridized carbons (Fsp3) is 0.471. The number of hydrogen-bond donors (Lipinski definition) is 2. The molecule has 2 N–H and O–H groups in total. The Morgan fingerprint density at radius 1 is 1.35 bits per heavy atom. The van der Waals surface area contributed by atoms with Crippen molar-refractivity contribution in [3.05, 3.63) is 33.8 Å². The van der Waals surface area contributed by atoms with Gasteiger partial charge in [0.2, 0.25) is 0 Å². The van der Waals surface area contributed by atoms with Crippen molar-refractivity contribution < 1.29 is 9.90 Å². The summed E-state index contributed by atoms with van der Waals surface area (Å²) in [4.78, 5) is 12.9. The topological polar surface area (TPSA) is 52.6 Å². The minimum Gasteiger partial charge on any atom is -0.465 e. The molecule has 124 valence electrons. The van der Waals surface area contributed by atoms with Crippen molar-refractivity contribution in [3.8, 4) is 11.8 Å². The van der Waals surface area contributed by atoms with Gasteiger partial charge in [0.05, 0.1) is 5.02 Å². The number of rotatable bonds is 4. The third-order valence-corrected chi connectivity index (χ3v) is 4.52. The Hall–Kier alpha value is -1.41. The molecular formula is C17H20Cl2N2O2. The first-order valence-electron chi connectivity index (χ1n) is 7.67. The van der Waals surface area contributed by atoms with E-state index in [2.05, 4.69) is 22.1 Å². The van der Waals surface area contributed by atoms with Crippen LogP contribution in [0.4, 0.5) is 4.79 Å². The summed E-state index contributed by atoms with van der Waals surface area (Å²) >= 11 is 12.0. The van der Waals surface area contributed by atoms with Crippen LogP contribution in [0.15, 0.2) is 18.2 Å². The summed E-state index contributed by atoms with van der Waals surface area (Å²) in [6.07, 6.45) is 1.88. The lowest BCUT2D eigenvalue weighted by molar-refractivity contribution is 0.172. The number of nitrogens with zero attached hydrogens (tertiary/aromatic N) is 1. The molecule has 1 aliphatic heterocycles. The molecule has 23 heavy (non-hydrogen) atoms. The van der Waals surface area contributed by atoms with Crippen molar-refractivity contribution in [2.75, 3.05) is 26.2 Å². The second-order valence-corrected chi connectivity index (χ2v) is 6.49. The number of nitrogens with one attached hydrogen (secondary N) is 1. The molecule has 0 radical (unpaired) electrons. The third kappa shape index (κ3) is 6.31. The Balaban J connectivity index is 1.71. The van der Waals surface area contributed by atoms with E-state index in [-0.39, 0.29) is 0 Å². The van der Waals surface area contributed by atoms with Crippen LogP contribution in [-0.2, 0) is 0 Å². The van der Waals surface area contributed by atoms with E-state index in [1.165, 1.54) is 0 Å². The number of benzene rings is 1. The van der Waals surface area contributed by atoms with E-state index < -0.39 is 6.09 Å². The van der Waals surface area contributed by atoms with Gasteiger partial charge in [0.15, 0.2) is 0 Å². The van der Waals surface area contributed by atoms with Crippen LogP contribution in [0.25, 0.3) is 0 Å². The largest absolute Gasteiger partial charge is 0.465 e. The number of hydrogen-bond acceptors (Lipinski definition) is 2. The zero-order chi connectivity index (χ0) is 16.7. The van der Waals surface area contributed by atoms with Crippen molar-refractivity contribution in [2.24, 2.45) is 5.92 Å². The van der Waals surface area contributed by atoms with Gasteiger partial charge in [-0.15, -0.1) is 0 Å². The highest BCUT2D eigenvalue weighted by Gasteiger charge is 2.18. The number of piperidine rings is 1. The fourth-order valence-corrected chi connectivity index (χ4v) is 2.95. The predicted molar refractivity (Wildman–Crippen MR) is 93.1 cm³/mol. The summed E-state index contributed by atoms with van der Waals surface area (Å²) in [7, 11) is 0. The fourth-order valence-electron chi connectivity index (χ4n) is 2.61. The Kier molecular flexibility index (Phi) is 7.04. The number of halogens is 2. The molecule has 0 saturated carbocycles. The van der Waals surface area contributed by atoms with Crippen molar-refractivity contribution >= 4 is 29.3 Å². The SMILES string of the molecule is O=C(O)NCC1CCN(CCC#Cc2cc(Cl)ccc2Cl)CC1. The second kappa shape index (κ2) is 9.02. The molecule has 0 unspecified atom stereocenters. The summed E-state index contributed by atoms with van der Waals surface area (Å²) in [5.41, 5.74) is 0.762. The standard InChI is InChI=1S/C17H20Cl2N2O2/c18-15-4-5-16(19)14(11-15)3-1-2-8-21-9-6-13(7-10-21)12-20-17(22)23/h4-5,11,13,20H,2,6-10,12H2,(H,22,23). The van der Waals surface area contributed by atoms with Gasteiger partial charge in [-0.05, 0) is 50.0 Å². The van der Waals surface area contributed by atoms with Gasteiger partial charge in [0.1, 0.15) is 0 Å². The van der Waals surface area contributed by atoms with Gasteiger partial charge in [-0.25, -0.2) is 4.79 Å². The molecule has 4 nitrogen and oxygen atoms in total. The van der Waals surface area contributed by atoms with E-state index in [0.29, 0.717) is 22.5 Å². The van der Waals surface area contributed by atoms with Crippen molar-refractivity contribution in [3.63, 3.8) is 0 Å². The zero-order valence-corrected chi connectivity index (χ0v) is 14.3. The lowest BCUT2D eigenvalue weighted by atomic mass is 9.97. The van der Waals surface area contributed by atoms with Crippen LogP contribution >= 0.6 is 23.2 Å². The molecule has 0 spiro atoms. The first-order chi connectivity index (χ1) is 11.0. The first kappa shape index (κ1) is 17.9. The Morgan fingerprint density at radius 2 is 2.09 bits per heavy atom. The van der Waals surface area contributed by atoms with E-state index in [4.69, 9.17) is 28.3 Å². The van der Waals surface area contributed by atoms with Gasteiger partial charge in [-0.1, -0.05) is 35.0 Å². The molecule has 0 aliphatic carbocycles. The van der Waals surface area contributed by atoms with Crippen molar-refractivity contribution in [1.82, 2.24) is 10.2 Å². The highest BCUT2D eigenvalue weighted by molar-refractivity contribution is 6.33. The second-order valence-electron chi connectivity index (χ2n) is 5.65. The van der Waals surface area contributed by atoms with E-state index in [1.54, 1.807) is 18.2 Å². The molecule has 1 aromatic rings. The predicted octanol–water partition coefficient (Wildman–Crippen LogP) is 3.71. The summed E-state index contributed by atoms with van der Waals surface area (Å²) in [6, 6.07) is 5.28. The van der Waals surface area contributed by atoms with Gasteiger partial charge in [-0.3, -0.25) is 0 Å². The molecule has 2 rings (SSSR count). The third-order valence-electron chi connectivity index (χ3n) is 3.95. The summed E-state index contributed by atoms with van der Waals surface area (Å²) in [5.74, 6) is 6.65. The molecule has 6 heteroatoms. The van der Waals surface area contributed by atoms with Crippen LogP contribution in [0.2, 0.25) is 10.0 Å². The van der Waals surface area contributed by atoms with Crippen LogP contribution in [0.3, 0.4) is 0 Å². The summed E-state index contributed by atoms with van der Waals surface area (Å²) < 4.78 is 0. The molecule has 0 aromatic heterocycles. The van der Waals surface area contributed by atoms with Crippen molar-refractivity contribution in [1.29, 1.82) is 0 Å². The molecule has 1 heterocycles. The van der Waals surface area contributed by atoms with Crippen LogP contribution in [0.1, 0.15) is 24.8 Å². The lowest BCUT2D eigenvalue weighted by Crippen LogP contribution is -2.38. The van der Waals surface area contributed by atoms with Crippen LogP contribution in [-0.4, -0.2) is 42.3 Å². The van der Waals surface area contributed by atoms with Gasteiger partial charge in [-0.2, -0.15) is 0 Å². The normalized spacial score (nSPS) is 15.7. The molecule has 1 amide bonds. The maximum atomic E-state index is 10.5. The number of likely N-dealkylation sites (tertiary alicyclic amines) is 1. The zero-order valence-electron chi connectivity index (χ0n) is 12.8. The van der Waals surface area contributed by atoms with Gasteiger partial charge < -0.3 is 15.3 Å². The van der Waals surface area contributed by atoms with E-state index in [0.717, 1.165) is 44.5 Å². The summed E-state index contributed by atoms with van der Waals surface area (Å²) in [5, 5.41) is 12.3. The molecule has 1 aliphatic rings. The van der Waals surface area contributed by atoms with Crippen LogP contribution < -0.4 is 5.32 Å². The molecular weight excluding hydrogens is 335 g/mol. The average Bonchev–Trinajstić information content (AvgIpc) is 2.53. The lowest BCUT2D eigenvalue weighted by Gasteiger charge is -2.31. The Labute approximate surface area is 146 Å². The summed E-state index contributed by atoms with van der Waals surface area (Å²) in [6.45, 7) is 3.46. The number of carboxylic acid groups (broad SMARTS) is 1. The van der Waals surface area contributed by atoms with Gasteiger partial charge in [0, 0.05) is 30.1 Å². The van der Waals surface area contributed by atoms with Gasteiger partial charge in [0.25, 0.3) is 0 Å². The Bertz CT molecular complexity index is 602. The number of carbonyl (C=O) groups is 1. The maximum Gasteiger partial charge on any atom is 0.404 e. The van der Waals surface area contributed by atoms with Gasteiger partial charge >= 0.3 is 6.09 Å². The first-order valence-corrected chi connectivity index (χ1v) is 8.43. The molecule has 1 fully saturated rings. The minimum atomic E-state index is -0.942. The van der Waals surface area contributed by atoms with E-state index >= 15 is 0 Å².